The average Bonchev–Trinajstić information content (AvgIpc) is 2.57. The second-order valence-corrected chi connectivity index (χ2v) is 4.96. The minimum Gasteiger partial charge on any atom is -0.260 e. The molecule has 92 valence electrons. The SMILES string of the molecule is CC(C)(C)n1ncc2c(C(F)(F)F)cccc21. The van der Waals surface area contributed by atoms with Gasteiger partial charge in [0.05, 0.1) is 22.8 Å². The number of hydrogen-bond donors (Lipinski definition) is 0. The van der Waals surface area contributed by atoms with Crippen LogP contribution in [-0.4, -0.2) is 9.78 Å². The van der Waals surface area contributed by atoms with E-state index in [9.17, 15) is 13.2 Å². The normalized spacial score (nSPS) is 13.3. The highest BCUT2D eigenvalue weighted by molar-refractivity contribution is 5.83. The molecular weight excluding hydrogens is 229 g/mol. The molecule has 0 aliphatic carbocycles. The van der Waals surface area contributed by atoms with Crippen molar-refractivity contribution in [3.63, 3.8) is 0 Å². The van der Waals surface area contributed by atoms with E-state index in [2.05, 4.69) is 5.10 Å². The Morgan fingerprint density at radius 3 is 2.29 bits per heavy atom. The van der Waals surface area contributed by atoms with Crippen molar-refractivity contribution in [3.05, 3.63) is 30.0 Å². The van der Waals surface area contributed by atoms with Gasteiger partial charge in [0.15, 0.2) is 0 Å². The summed E-state index contributed by atoms with van der Waals surface area (Å²) in [6, 6.07) is 4.15. The summed E-state index contributed by atoms with van der Waals surface area (Å²) < 4.78 is 40.0. The van der Waals surface area contributed by atoms with Gasteiger partial charge >= 0.3 is 6.18 Å². The molecule has 2 nitrogen and oxygen atoms in total. The zero-order valence-electron chi connectivity index (χ0n) is 9.84. The molecule has 0 saturated heterocycles. The maximum absolute atomic E-state index is 12.8. The largest absolute Gasteiger partial charge is 0.417 e. The molecule has 0 bridgehead atoms. The molecule has 0 saturated carbocycles. The van der Waals surface area contributed by atoms with Crippen LogP contribution >= 0.6 is 0 Å². The lowest BCUT2D eigenvalue weighted by Gasteiger charge is -2.20. The van der Waals surface area contributed by atoms with Gasteiger partial charge in [-0.25, -0.2) is 0 Å². The fourth-order valence-electron chi connectivity index (χ4n) is 1.83. The Morgan fingerprint density at radius 2 is 1.76 bits per heavy atom. The molecule has 0 spiro atoms. The Morgan fingerprint density at radius 1 is 1.12 bits per heavy atom. The monoisotopic (exact) mass is 242 g/mol. The fourth-order valence-corrected chi connectivity index (χ4v) is 1.83. The summed E-state index contributed by atoms with van der Waals surface area (Å²) in [6.45, 7) is 5.71. The fraction of sp³-hybridized carbons (Fsp3) is 0.417. The van der Waals surface area contributed by atoms with E-state index < -0.39 is 11.7 Å². The van der Waals surface area contributed by atoms with E-state index in [1.807, 2.05) is 20.8 Å². The Hall–Kier alpha value is -1.52. The highest BCUT2D eigenvalue weighted by Gasteiger charge is 2.33. The smallest absolute Gasteiger partial charge is 0.260 e. The van der Waals surface area contributed by atoms with Gasteiger partial charge in [0.2, 0.25) is 0 Å². The van der Waals surface area contributed by atoms with E-state index in [0.29, 0.717) is 5.52 Å². The topological polar surface area (TPSA) is 17.8 Å². The molecule has 2 rings (SSSR count). The van der Waals surface area contributed by atoms with Crippen LogP contribution in [0.5, 0.6) is 0 Å². The van der Waals surface area contributed by atoms with E-state index in [0.717, 1.165) is 6.07 Å². The van der Waals surface area contributed by atoms with Gasteiger partial charge in [-0.2, -0.15) is 18.3 Å². The summed E-state index contributed by atoms with van der Waals surface area (Å²) in [5.41, 5.74) is -0.468. The van der Waals surface area contributed by atoms with Crippen molar-refractivity contribution in [3.8, 4) is 0 Å². The minimum atomic E-state index is -4.34. The number of hydrogen-bond acceptors (Lipinski definition) is 1. The van der Waals surface area contributed by atoms with Crippen molar-refractivity contribution in [1.29, 1.82) is 0 Å². The summed E-state index contributed by atoms with van der Waals surface area (Å²) in [5, 5.41) is 4.21. The third-order valence-corrected chi connectivity index (χ3v) is 2.55. The maximum Gasteiger partial charge on any atom is 0.417 e. The van der Waals surface area contributed by atoms with Gasteiger partial charge in [0.1, 0.15) is 0 Å². The minimum absolute atomic E-state index is 0.148. The quantitative estimate of drug-likeness (QED) is 0.686. The van der Waals surface area contributed by atoms with E-state index in [4.69, 9.17) is 0 Å². The lowest BCUT2D eigenvalue weighted by atomic mass is 10.1. The summed E-state index contributed by atoms with van der Waals surface area (Å²) in [5.74, 6) is 0. The molecule has 0 fully saturated rings. The van der Waals surface area contributed by atoms with Crippen LogP contribution in [0.15, 0.2) is 24.4 Å². The van der Waals surface area contributed by atoms with Crippen molar-refractivity contribution in [1.82, 2.24) is 9.78 Å². The molecule has 17 heavy (non-hydrogen) atoms. The molecular formula is C12H13F3N2. The Kier molecular flexibility index (Phi) is 2.45. The predicted octanol–water partition coefficient (Wildman–Crippen LogP) is 3.81. The molecule has 0 N–H and O–H groups in total. The second-order valence-electron chi connectivity index (χ2n) is 4.96. The van der Waals surface area contributed by atoms with Gasteiger partial charge in [0.25, 0.3) is 0 Å². The number of halogens is 3. The van der Waals surface area contributed by atoms with E-state index in [1.165, 1.54) is 12.3 Å². The van der Waals surface area contributed by atoms with Crippen LogP contribution in [0.25, 0.3) is 10.9 Å². The Balaban J connectivity index is 2.74. The number of rotatable bonds is 0. The highest BCUT2D eigenvalue weighted by atomic mass is 19.4. The van der Waals surface area contributed by atoms with Crippen molar-refractivity contribution in [2.45, 2.75) is 32.5 Å². The number of benzene rings is 1. The first-order valence-electron chi connectivity index (χ1n) is 5.26. The zero-order valence-corrected chi connectivity index (χ0v) is 9.84. The Bertz CT molecular complexity index is 547. The summed E-state index contributed by atoms with van der Waals surface area (Å²) >= 11 is 0. The Labute approximate surface area is 97.0 Å². The zero-order chi connectivity index (χ0) is 12.8. The van der Waals surface area contributed by atoms with E-state index >= 15 is 0 Å². The van der Waals surface area contributed by atoms with Crippen LogP contribution in [-0.2, 0) is 11.7 Å². The van der Waals surface area contributed by atoms with Crippen molar-refractivity contribution in [2.75, 3.05) is 0 Å². The van der Waals surface area contributed by atoms with Gasteiger partial charge in [0, 0.05) is 5.39 Å². The number of aromatic nitrogens is 2. The molecule has 0 atom stereocenters. The number of nitrogens with zero attached hydrogens (tertiary/aromatic N) is 2. The van der Waals surface area contributed by atoms with Crippen LogP contribution in [0.2, 0.25) is 0 Å². The van der Waals surface area contributed by atoms with Gasteiger partial charge in [-0.1, -0.05) is 6.07 Å². The van der Waals surface area contributed by atoms with Crippen molar-refractivity contribution < 1.29 is 13.2 Å². The van der Waals surface area contributed by atoms with Gasteiger partial charge < -0.3 is 0 Å². The first-order valence-corrected chi connectivity index (χ1v) is 5.26. The van der Waals surface area contributed by atoms with Crippen LogP contribution in [0, 0.1) is 0 Å². The van der Waals surface area contributed by atoms with Crippen molar-refractivity contribution >= 4 is 10.9 Å². The molecule has 0 aliphatic rings. The molecule has 1 aromatic carbocycles. The third-order valence-electron chi connectivity index (χ3n) is 2.55. The number of fused-ring (bicyclic) bond motifs is 1. The maximum atomic E-state index is 12.8. The summed E-state index contributed by atoms with van der Waals surface area (Å²) in [4.78, 5) is 0. The molecule has 2 aromatic rings. The highest BCUT2D eigenvalue weighted by Crippen LogP contribution is 2.35. The summed E-state index contributed by atoms with van der Waals surface area (Å²) in [7, 11) is 0. The standard InChI is InChI=1S/C12H13F3N2/c1-11(2,3)17-10-6-4-5-9(12(13,14)15)8(10)7-16-17/h4-7H,1-3H3. The summed E-state index contributed by atoms with van der Waals surface area (Å²) in [6.07, 6.45) is -3.06. The lowest BCUT2D eigenvalue weighted by molar-refractivity contribution is -0.136. The molecule has 0 unspecified atom stereocenters. The second kappa shape index (κ2) is 3.48. The van der Waals surface area contributed by atoms with Gasteiger partial charge in [-0.3, -0.25) is 4.68 Å². The van der Waals surface area contributed by atoms with Crippen molar-refractivity contribution in [2.24, 2.45) is 0 Å². The van der Waals surface area contributed by atoms with Gasteiger partial charge in [-0.05, 0) is 32.9 Å². The molecule has 0 aliphatic heterocycles. The molecule has 1 heterocycles. The molecule has 0 amide bonds. The van der Waals surface area contributed by atoms with Crippen LogP contribution in [0.1, 0.15) is 26.3 Å². The van der Waals surface area contributed by atoms with Crippen LogP contribution < -0.4 is 0 Å². The first-order chi connectivity index (χ1) is 7.71. The van der Waals surface area contributed by atoms with Crippen LogP contribution in [0.3, 0.4) is 0 Å². The first kappa shape index (κ1) is 12.0. The van der Waals surface area contributed by atoms with E-state index in [-0.39, 0.29) is 10.9 Å². The average molecular weight is 242 g/mol. The molecule has 5 heteroatoms. The number of alkyl halides is 3. The van der Waals surface area contributed by atoms with E-state index in [1.54, 1.807) is 10.7 Å². The molecule has 0 radical (unpaired) electrons. The third kappa shape index (κ3) is 2.01. The van der Waals surface area contributed by atoms with Gasteiger partial charge in [-0.15, -0.1) is 0 Å². The lowest BCUT2D eigenvalue weighted by Crippen LogP contribution is -2.22. The predicted molar refractivity (Wildman–Crippen MR) is 59.7 cm³/mol. The molecule has 1 aromatic heterocycles. The van der Waals surface area contributed by atoms with Crippen LogP contribution in [0.4, 0.5) is 13.2 Å².